The highest BCUT2D eigenvalue weighted by atomic mass is 19.3. The summed E-state index contributed by atoms with van der Waals surface area (Å²) in [6, 6.07) is 5.06. The first-order valence-corrected chi connectivity index (χ1v) is 3.08. The number of pyridine rings is 1. The number of aromatic nitrogens is 1. The predicted molar refractivity (Wildman–Crippen MR) is 35.0 cm³/mol. The van der Waals surface area contributed by atoms with E-state index in [1.807, 2.05) is 0 Å². The molecule has 0 atom stereocenters. The summed E-state index contributed by atoms with van der Waals surface area (Å²) in [5.74, 6) is 0. The molecule has 0 saturated carbocycles. The second kappa shape index (κ2) is 3.98. The minimum absolute atomic E-state index is 0.140. The molecular formula is C7H7F2NO. The molecule has 0 spiro atoms. The minimum atomic E-state index is -2.72. The van der Waals surface area contributed by atoms with Gasteiger partial charge in [-0.3, -0.25) is 4.98 Å². The molecule has 0 aliphatic rings. The van der Waals surface area contributed by atoms with Crippen molar-refractivity contribution in [1.29, 1.82) is 0 Å². The predicted octanol–water partition coefficient (Wildman–Crippen LogP) is 1.82. The van der Waals surface area contributed by atoms with Crippen LogP contribution in [-0.4, -0.2) is 11.6 Å². The molecule has 0 aliphatic carbocycles. The zero-order valence-electron chi connectivity index (χ0n) is 5.71. The van der Waals surface area contributed by atoms with Crippen LogP contribution in [0.3, 0.4) is 0 Å². The van der Waals surface area contributed by atoms with Crippen LogP contribution in [0.25, 0.3) is 0 Å². The highest BCUT2D eigenvalue weighted by Gasteiger charge is 2.01. The van der Waals surface area contributed by atoms with Crippen molar-refractivity contribution in [2.45, 2.75) is 13.2 Å². The van der Waals surface area contributed by atoms with Crippen molar-refractivity contribution in [3.05, 3.63) is 30.1 Å². The number of hydrogen-bond acceptors (Lipinski definition) is 2. The largest absolute Gasteiger partial charge is 0.345 e. The van der Waals surface area contributed by atoms with Crippen LogP contribution < -0.4 is 0 Å². The van der Waals surface area contributed by atoms with Gasteiger partial charge in [0.25, 0.3) is 0 Å². The van der Waals surface area contributed by atoms with Crippen LogP contribution in [0.4, 0.5) is 8.78 Å². The van der Waals surface area contributed by atoms with E-state index in [4.69, 9.17) is 0 Å². The summed E-state index contributed by atoms with van der Waals surface area (Å²) >= 11 is 0. The molecule has 0 fully saturated rings. The average molecular weight is 159 g/mol. The molecule has 0 aromatic carbocycles. The molecule has 0 aliphatic heterocycles. The zero-order chi connectivity index (χ0) is 8.10. The third-order valence-corrected chi connectivity index (χ3v) is 1.08. The van der Waals surface area contributed by atoms with Crippen LogP contribution in [-0.2, 0) is 11.3 Å². The Labute approximate surface area is 62.8 Å². The molecule has 1 heterocycles. The van der Waals surface area contributed by atoms with E-state index in [0.717, 1.165) is 0 Å². The molecule has 2 nitrogen and oxygen atoms in total. The van der Waals surface area contributed by atoms with Crippen LogP contribution >= 0.6 is 0 Å². The van der Waals surface area contributed by atoms with Gasteiger partial charge in [-0.1, -0.05) is 6.07 Å². The van der Waals surface area contributed by atoms with E-state index >= 15 is 0 Å². The lowest BCUT2D eigenvalue weighted by atomic mass is 10.4. The van der Waals surface area contributed by atoms with E-state index in [1.54, 1.807) is 18.2 Å². The van der Waals surface area contributed by atoms with Crippen LogP contribution in [0.5, 0.6) is 0 Å². The molecule has 1 aromatic heterocycles. The van der Waals surface area contributed by atoms with Crippen LogP contribution in [0.15, 0.2) is 24.4 Å². The van der Waals surface area contributed by atoms with E-state index in [1.165, 1.54) is 6.20 Å². The molecule has 60 valence electrons. The zero-order valence-corrected chi connectivity index (χ0v) is 5.71. The summed E-state index contributed by atoms with van der Waals surface area (Å²) in [6.07, 6.45) is 1.53. The molecule has 0 amide bonds. The fourth-order valence-electron chi connectivity index (χ4n) is 0.632. The van der Waals surface area contributed by atoms with Crippen LogP contribution in [0, 0.1) is 0 Å². The summed E-state index contributed by atoms with van der Waals surface area (Å²) in [7, 11) is 0. The van der Waals surface area contributed by atoms with Gasteiger partial charge in [-0.05, 0) is 12.1 Å². The lowest BCUT2D eigenvalue weighted by molar-refractivity contribution is -0.137. The van der Waals surface area contributed by atoms with Crippen molar-refractivity contribution < 1.29 is 13.5 Å². The summed E-state index contributed by atoms with van der Waals surface area (Å²) in [5, 5.41) is 0. The van der Waals surface area contributed by atoms with Gasteiger partial charge < -0.3 is 4.74 Å². The van der Waals surface area contributed by atoms with Crippen LogP contribution in [0.1, 0.15) is 5.69 Å². The van der Waals surface area contributed by atoms with E-state index in [2.05, 4.69) is 9.72 Å². The number of alkyl halides is 2. The van der Waals surface area contributed by atoms with E-state index in [-0.39, 0.29) is 6.61 Å². The first-order valence-electron chi connectivity index (χ1n) is 3.08. The molecule has 1 aromatic rings. The van der Waals surface area contributed by atoms with Gasteiger partial charge in [0, 0.05) is 6.20 Å². The summed E-state index contributed by atoms with van der Waals surface area (Å²) in [4.78, 5) is 3.79. The Balaban J connectivity index is 2.39. The molecule has 0 saturated heterocycles. The number of halogens is 2. The minimum Gasteiger partial charge on any atom is -0.317 e. The quantitative estimate of drug-likeness (QED) is 0.671. The van der Waals surface area contributed by atoms with Gasteiger partial charge in [0.05, 0.1) is 12.3 Å². The summed E-state index contributed by atoms with van der Waals surface area (Å²) < 4.78 is 27.0. The molecule has 0 unspecified atom stereocenters. The monoisotopic (exact) mass is 159 g/mol. The van der Waals surface area contributed by atoms with Gasteiger partial charge in [-0.15, -0.1) is 0 Å². The molecule has 0 N–H and O–H groups in total. The molecule has 1 rings (SSSR count). The number of hydrogen-bond donors (Lipinski definition) is 0. The number of nitrogens with zero attached hydrogens (tertiary/aromatic N) is 1. The Hall–Kier alpha value is -1.03. The summed E-state index contributed by atoms with van der Waals surface area (Å²) in [6.45, 7) is -2.87. The van der Waals surface area contributed by atoms with Gasteiger partial charge in [0.2, 0.25) is 0 Å². The first kappa shape index (κ1) is 8.07. The molecular weight excluding hydrogens is 152 g/mol. The van der Waals surface area contributed by atoms with Crippen LogP contribution in [0.2, 0.25) is 0 Å². The maximum atomic E-state index is 11.5. The van der Waals surface area contributed by atoms with E-state index in [0.29, 0.717) is 5.69 Å². The highest BCUT2D eigenvalue weighted by Crippen LogP contribution is 2.01. The van der Waals surface area contributed by atoms with Crippen molar-refractivity contribution in [3.63, 3.8) is 0 Å². The average Bonchev–Trinajstić information content (AvgIpc) is 2.03. The normalized spacial score (nSPS) is 10.5. The van der Waals surface area contributed by atoms with E-state index < -0.39 is 6.61 Å². The third-order valence-electron chi connectivity index (χ3n) is 1.08. The second-order valence-corrected chi connectivity index (χ2v) is 1.89. The first-order chi connectivity index (χ1) is 5.29. The van der Waals surface area contributed by atoms with Gasteiger partial charge in [-0.25, -0.2) is 0 Å². The standard InChI is InChI=1S/C7H7F2NO/c8-7(9)11-5-6-3-1-2-4-10-6/h1-4,7H,5H2. The van der Waals surface area contributed by atoms with Gasteiger partial charge in [0.15, 0.2) is 0 Å². The number of rotatable bonds is 3. The molecule has 0 bridgehead atoms. The molecule has 11 heavy (non-hydrogen) atoms. The van der Waals surface area contributed by atoms with Crippen molar-refractivity contribution in [2.24, 2.45) is 0 Å². The van der Waals surface area contributed by atoms with Gasteiger partial charge in [-0.2, -0.15) is 8.78 Å². The van der Waals surface area contributed by atoms with Crippen molar-refractivity contribution in [2.75, 3.05) is 0 Å². The fourth-order valence-corrected chi connectivity index (χ4v) is 0.632. The molecule has 4 heteroatoms. The third kappa shape index (κ3) is 3.04. The Morgan fingerprint density at radius 2 is 2.27 bits per heavy atom. The Morgan fingerprint density at radius 3 is 2.82 bits per heavy atom. The Bertz CT molecular complexity index is 203. The Morgan fingerprint density at radius 1 is 1.45 bits per heavy atom. The topological polar surface area (TPSA) is 22.1 Å². The maximum absolute atomic E-state index is 11.5. The fraction of sp³-hybridized carbons (Fsp3) is 0.286. The van der Waals surface area contributed by atoms with Crippen molar-refractivity contribution in [3.8, 4) is 0 Å². The SMILES string of the molecule is FC(F)OCc1ccccn1. The summed E-state index contributed by atoms with van der Waals surface area (Å²) in [5.41, 5.74) is 0.507. The highest BCUT2D eigenvalue weighted by molar-refractivity contribution is 5.01. The Kier molecular flexibility index (Phi) is 2.92. The van der Waals surface area contributed by atoms with Gasteiger partial charge in [0.1, 0.15) is 0 Å². The van der Waals surface area contributed by atoms with E-state index in [9.17, 15) is 8.78 Å². The number of ether oxygens (including phenoxy) is 1. The smallest absolute Gasteiger partial charge is 0.317 e. The van der Waals surface area contributed by atoms with Crippen molar-refractivity contribution in [1.82, 2.24) is 4.98 Å². The maximum Gasteiger partial charge on any atom is 0.345 e. The van der Waals surface area contributed by atoms with Crippen molar-refractivity contribution >= 4 is 0 Å². The second-order valence-electron chi connectivity index (χ2n) is 1.89. The molecule has 0 radical (unpaired) electrons. The van der Waals surface area contributed by atoms with Gasteiger partial charge >= 0.3 is 6.61 Å². The lowest BCUT2D eigenvalue weighted by Gasteiger charge is -1.99. The lowest BCUT2D eigenvalue weighted by Crippen LogP contribution is -2.00.